The molecule has 0 heterocycles. The van der Waals surface area contributed by atoms with Crippen molar-refractivity contribution >= 4 is 5.97 Å². The third-order valence-electron chi connectivity index (χ3n) is 9.09. The normalized spacial score (nSPS) is 21.2. The number of nitriles is 1. The highest BCUT2D eigenvalue weighted by atomic mass is 19.1. The van der Waals surface area contributed by atoms with Crippen LogP contribution in [0.4, 0.5) is 4.39 Å². The Morgan fingerprint density at radius 1 is 0.974 bits per heavy atom. The van der Waals surface area contributed by atoms with Crippen molar-refractivity contribution in [2.75, 3.05) is 0 Å². The molecule has 6 heteroatoms. The summed E-state index contributed by atoms with van der Waals surface area (Å²) in [6, 6.07) is 8.59. The third-order valence-corrected chi connectivity index (χ3v) is 9.09. The van der Waals surface area contributed by atoms with E-state index in [4.69, 9.17) is 10.4 Å². The second-order valence-corrected chi connectivity index (χ2v) is 12.5. The highest BCUT2D eigenvalue weighted by Gasteiger charge is 2.39. The van der Waals surface area contributed by atoms with Crippen molar-refractivity contribution in [1.29, 1.82) is 5.26 Å². The van der Waals surface area contributed by atoms with Crippen LogP contribution in [-0.4, -0.2) is 33.9 Å². The number of halogens is 1. The van der Waals surface area contributed by atoms with Crippen LogP contribution in [-0.2, 0) is 16.6 Å². The molecule has 0 amide bonds. The van der Waals surface area contributed by atoms with Crippen LogP contribution in [0.5, 0.6) is 0 Å². The number of aliphatic carboxylic acids is 1. The maximum atomic E-state index is 14.4. The zero-order valence-electron chi connectivity index (χ0n) is 23.6. The van der Waals surface area contributed by atoms with Crippen molar-refractivity contribution in [2.45, 2.75) is 146 Å². The van der Waals surface area contributed by atoms with Crippen molar-refractivity contribution in [1.82, 2.24) is 5.32 Å². The van der Waals surface area contributed by atoms with Gasteiger partial charge in [-0.25, -0.2) is 4.39 Å². The van der Waals surface area contributed by atoms with Gasteiger partial charge in [-0.2, -0.15) is 5.26 Å². The standard InChI is InChI=1S/C20H26FNO3.C12H23N/c1-19(2,13-22)16-8-7-14(11-17(16)21)9-10-20(25,12-18(23)24)15-5-3-4-6-15;1-3-7-11(8-4-1)13-12-9-5-2-6-10-12/h7-8,11,15,25H,3-6,9-10,12H2,1-2H3,(H,23,24);11-13H,1-10H2. The molecule has 1 aromatic rings. The molecular formula is C32H49FN2O3. The molecule has 0 aliphatic heterocycles. The van der Waals surface area contributed by atoms with Gasteiger partial charge in [0, 0.05) is 17.6 Å². The summed E-state index contributed by atoms with van der Waals surface area (Å²) < 4.78 is 14.4. The summed E-state index contributed by atoms with van der Waals surface area (Å²) in [5.74, 6) is -1.45. The molecule has 1 unspecified atom stereocenters. The number of hydrogen-bond donors (Lipinski definition) is 3. The zero-order valence-corrected chi connectivity index (χ0v) is 23.6. The van der Waals surface area contributed by atoms with Crippen LogP contribution in [0, 0.1) is 23.1 Å². The number of carboxylic acids is 1. The fraction of sp³-hybridized carbons (Fsp3) is 0.750. The Labute approximate surface area is 229 Å². The van der Waals surface area contributed by atoms with Gasteiger partial charge in [-0.3, -0.25) is 4.79 Å². The third kappa shape index (κ3) is 9.06. The summed E-state index contributed by atoms with van der Waals surface area (Å²) in [7, 11) is 0. The monoisotopic (exact) mass is 528 g/mol. The molecule has 38 heavy (non-hydrogen) atoms. The fourth-order valence-electron chi connectivity index (χ4n) is 6.68. The van der Waals surface area contributed by atoms with Gasteiger partial charge in [0.15, 0.2) is 0 Å². The lowest BCUT2D eigenvalue weighted by atomic mass is 9.78. The van der Waals surface area contributed by atoms with Crippen molar-refractivity contribution in [3.63, 3.8) is 0 Å². The van der Waals surface area contributed by atoms with E-state index in [1.54, 1.807) is 26.0 Å². The first-order valence-electron chi connectivity index (χ1n) is 15.0. The Morgan fingerprint density at radius 2 is 1.50 bits per heavy atom. The van der Waals surface area contributed by atoms with Crippen LogP contribution in [0.1, 0.15) is 128 Å². The summed E-state index contributed by atoms with van der Waals surface area (Å²) >= 11 is 0. The van der Waals surface area contributed by atoms with E-state index in [2.05, 4.69) is 11.4 Å². The maximum absolute atomic E-state index is 14.4. The van der Waals surface area contributed by atoms with Crippen LogP contribution in [0.15, 0.2) is 18.2 Å². The smallest absolute Gasteiger partial charge is 0.306 e. The van der Waals surface area contributed by atoms with Gasteiger partial charge in [0.1, 0.15) is 5.82 Å². The molecule has 0 saturated heterocycles. The van der Waals surface area contributed by atoms with E-state index >= 15 is 0 Å². The Kier molecular flexibility index (Phi) is 11.6. The summed E-state index contributed by atoms with van der Waals surface area (Å²) in [6.07, 6.45) is 18.7. The lowest BCUT2D eigenvalue weighted by molar-refractivity contribution is -0.145. The topological polar surface area (TPSA) is 93.4 Å². The quantitative estimate of drug-likeness (QED) is 0.315. The lowest BCUT2D eigenvalue weighted by Crippen LogP contribution is -2.40. The number of aryl methyl sites for hydroxylation is 1. The van der Waals surface area contributed by atoms with E-state index in [9.17, 15) is 14.3 Å². The molecule has 3 saturated carbocycles. The van der Waals surface area contributed by atoms with Gasteiger partial charge in [-0.05, 0) is 82.8 Å². The highest BCUT2D eigenvalue weighted by Crippen LogP contribution is 2.39. The summed E-state index contributed by atoms with van der Waals surface area (Å²) in [6.45, 7) is 3.33. The van der Waals surface area contributed by atoms with Gasteiger partial charge in [0.2, 0.25) is 0 Å². The van der Waals surface area contributed by atoms with E-state index in [1.165, 1.54) is 70.3 Å². The number of aliphatic hydroxyl groups is 1. The number of carbonyl (C=O) groups is 1. The Hall–Kier alpha value is -1.97. The van der Waals surface area contributed by atoms with Crippen molar-refractivity contribution in [2.24, 2.45) is 5.92 Å². The number of benzene rings is 1. The minimum Gasteiger partial charge on any atom is -0.481 e. The van der Waals surface area contributed by atoms with E-state index in [0.717, 1.165) is 37.8 Å². The molecule has 3 fully saturated rings. The first kappa shape index (κ1) is 30.6. The van der Waals surface area contributed by atoms with Gasteiger partial charge in [0.05, 0.1) is 23.5 Å². The van der Waals surface area contributed by atoms with E-state index in [-0.39, 0.29) is 12.3 Å². The number of hydrogen-bond acceptors (Lipinski definition) is 4. The number of rotatable bonds is 9. The molecular weight excluding hydrogens is 479 g/mol. The maximum Gasteiger partial charge on any atom is 0.306 e. The molecule has 3 aliphatic carbocycles. The van der Waals surface area contributed by atoms with Gasteiger partial charge in [-0.1, -0.05) is 63.5 Å². The molecule has 3 N–H and O–H groups in total. The summed E-state index contributed by atoms with van der Waals surface area (Å²) in [5, 5.41) is 33.1. The molecule has 212 valence electrons. The first-order valence-corrected chi connectivity index (χ1v) is 15.0. The SMILES string of the molecule is C1CCC(NC2CCCCC2)CC1.CC(C)(C#N)c1ccc(CCC(O)(CC(=O)O)C2CCCC2)cc1F. The first-order chi connectivity index (χ1) is 18.1. The predicted octanol–water partition coefficient (Wildman–Crippen LogP) is 7.20. The average Bonchev–Trinajstić information content (AvgIpc) is 3.45. The van der Waals surface area contributed by atoms with E-state index < -0.39 is 22.8 Å². The van der Waals surface area contributed by atoms with E-state index in [1.807, 2.05) is 0 Å². The number of nitrogens with one attached hydrogen (secondary N) is 1. The summed E-state index contributed by atoms with van der Waals surface area (Å²) in [5.41, 5.74) is -1.10. The van der Waals surface area contributed by atoms with Crippen molar-refractivity contribution < 1.29 is 19.4 Å². The minimum absolute atomic E-state index is 0.00903. The number of nitrogens with zero attached hydrogens (tertiary/aromatic N) is 1. The van der Waals surface area contributed by atoms with Gasteiger partial charge >= 0.3 is 5.97 Å². The van der Waals surface area contributed by atoms with Crippen LogP contribution < -0.4 is 5.32 Å². The predicted molar refractivity (Wildman–Crippen MR) is 149 cm³/mol. The molecule has 0 bridgehead atoms. The largest absolute Gasteiger partial charge is 0.481 e. The van der Waals surface area contributed by atoms with Gasteiger partial charge in [-0.15, -0.1) is 0 Å². The van der Waals surface area contributed by atoms with Gasteiger partial charge in [0.25, 0.3) is 0 Å². The Bertz CT molecular complexity index is 909. The van der Waals surface area contributed by atoms with Gasteiger partial charge < -0.3 is 15.5 Å². The molecule has 4 rings (SSSR count). The summed E-state index contributed by atoms with van der Waals surface area (Å²) in [4.78, 5) is 11.2. The average molecular weight is 529 g/mol. The van der Waals surface area contributed by atoms with Crippen LogP contribution in [0.25, 0.3) is 0 Å². The molecule has 1 atom stereocenters. The van der Waals surface area contributed by atoms with Crippen molar-refractivity contribution in [3.8, 4) is 6.07 Å². The molecule has 0 spiro atoms. The molecule has 1 aromatic carbocycles. The lowest BCUT2D eigenvalue weighted by Gasteiger charge is -2.33. The molecule has 0 aromatic heterocycles. The minimum atomic E-state index is -1.25. The molecule has 3 aliphatic rings. The Balaban J connectivity index is 0.000000256. The Morgan fingerprint density at radius 3 is 1.97 bits per heavy atom. The second-order valence-electron chi connectivity index (χ2n) is 12.5. The van der Waals surface area contributed by atoms with E-state index in [0.29, 0.717) is 24.0 Å². The fourth-order valence-corrected chi connectivity index (χ4v) is 6.68. The van der Waals surface area contributed by atoms with Crippen LogP contribution >= 0.6 is 0 Å². The zero-order chi connectivity index (χ0) is 27.6. The molecule has 5 nitrogen and oxygen atoms in total. The number of carboxylic acid groups (broad SMARTS) is 1. The van der Waals surface area contributed by atoms with Crippen LogP contribution in [0.3, 0.4) is 0 Å². The highest BCUT2D eigenvalue weighted by molar-refractivity contribution is 5.68. The van der Waals surface area contributed by atoms with Crippen LogP contribution in [0.2, 0.25) is 0 Å². The second kappa shape index (κ2) is 14.4. The van der Waals surface area contributed by atoms with Crippen molar-refractivity contribution in [3.05, 3.63) is 35.1 Å². The molecule has 0 radical (unpaired) electrons.